The molecule has 1 amide bonds. The standard InChI is InChI=1S/C18H19N3O2S/c1-21-14-6-3-2-5-13(14)20-17(21)10-11-19-18(23)9-8-15(22)16-7-4-12-24-16/h2-7,12H,8-11H2,1H3,(H,19,23). The third-order valence-corrected chi connectivity index (χ3v) is 4.84. The predicted octanol–water partition coefficient (Wildman–Crippen LogP) is 2.96. The van der Waals surface area contributed by atoms with Crippen LogP contribution in [0.25, 0.3) is 11.0 Å². The van der Waals surface area contributed by atoms with E-state index in [2.05, 4.69) is 10.3 Å². The van der Waals surface area contributed by atoms with Crippen molar-refractivity contribution in [3.05, 3.63) is 52.5 Å². The Balaban J connectivity index is 1.46. The first-order chi connectivity index (χ1) is 11.6. The number of para-hydroxylation sites is 2. The van der Waals surface area contributed by atoms with E-state index in [4.69, 9.17) is 0 Å². The van der Waals surface area contributed by atoms with Gasteiger partial charge in [-0.1, -0.05) is 18.2 Å². The summed E-state index contributed by atoms with van der Waals surface area (Å²) in [4.78, 5) is 29.0. The Morgan fingerprint density at radius 3 is 2.75 bits per heavy atom. The van der Waals surface area contributed by atoms with Crippen molar-refractivity contribution < 1.29 is 9.59 Å². The number of benzene rings is 1. The number of carbonyl (C=O) groups excluding carboxylic acids is 2. The van der Waals surface area contributed by atoms with Crippen LogP contribution in [0.1, 0.15) is 28.3 Å². The molecule has 0 saturated carbocycles. The number of amides is 1. The molecule has 0 saturated heterocycles. The van der Waals surface area contributed by atoms with Gasteiger partial charge in [0.1, 0.15) is 5.82 Å². The van der Waals surface area contributed by atoms with Crippen LogP contribution in [-0.4, -0.2) is 27.8 Å². The van der Waals surface area contributed by atoms with Gasteiger partial charge in [-0.25, -0.2) is 4.98 Å². The van der Waals surface area contributed by atoms with Crippen molar-refractivity contribution in [2.24, 2.45) is 7.05 Å². The van der Waals surface area contributed by atoms with Crippen LogP contribution in [0.15, 0.2) is 41.8 Å². The van der Waals surface area contributed by atoms with Crippen molar-refractivity contribution in [2.45, 2.75) is 19.3 Å². The van der Waals surface area contributed by atoms with Gasteiger partial charge in [0.25, 0.3) is 0 Å². The van der Waals surface area contributed by atoms with Gasteiger partial charge in [0.2, 0.25) is 5.91 Å². The molecular formula is C18H19N3O2S. The van der Waals surface area contributed by atoms with Crippen molar-refractivity contribution in [1.82, 2.24) is 14.9 Å². The summed E-state index contributed by atoms with van der Waals surface area (Å²) in [5.74, 6) is 0.861. The Hall–Kier alpha value is -2.47. The second kappa shape index (κ2) is 7.40. The maximum Gasteiger partial charge on any atom is 0.220 e. The molecule has 5 nitrogen and oxygen atoms in total. The van der Waals surface area contributed by atoms with Crippen LogP contribution in [0.4, 0.5) is 0 Å². The Morgan fingerprint density at radius 2 is 2.00 bits per heavy atom. The van der Waals surface area contributed by atoms with Gasteiger partial charge >= 0.3 is 0 Å². The normalized spacial score (nSPS) is 10.9. The lowest BCUT2D eigenvalue weighted by Gasteiger charge is -2.05. The van der Waals surface area contributed by atoms with Crippen molar-refractivity contribution in [2.75, 3.05) is 6.54 Å². The third kappa shape index (κ3) is 3.71. The maximum atomic E-state index is 11.9. The molecule has 124 valence electrons. The smallest absolute Gasteiger partial charge is 0.220 e. The average Bonchev–Trinajstić information content (AvgIpc) is 3.22. The molecule has 1 aromatic carbocycles. The zero-order chi connectivity index (χ0) is 16.9. The summed E-state index contributed by atoms with van der Waals surface area (Å²) < 4.78 is 2.04. The second-order valence-electron chi connectivity index (χ2n) is 5.58. The molecule has 0 aliphatic rings. The number of rotatable bonds is 7. The van der Waals surface area contributed by atoms with Gasteiger partial charge in [-0.05, 0) is 23.6 Å². The minimum atomic E-state index is -0.0985. The second-order valence-corrected chi connectivity index (χ2v) is 6.52. The Morgan fingerprint density at radius 1 is 1.17 bits per heavy atom. The molecular weight excluding hydrogens is 322 g/mol. The minimum Gasteiger partial charge on any atom is -0.356 e. The molecule has 3 rings (SSSR count). The lowest BCUT2D eigenvalue weighted by atomic mass is 10.2. The van der Waals surface area contributed by atoms with Gasteiger partial charge in [0, 0.05) is 32.9 Å². The number of Topliss-reactive ketones (excluding diaryl/α,β-unsaturated/α-hetero) is 1. The first-order valence-corrected chi connectivity index (χ1v) is 8.77. The number of nitrogens with one attached hydrogen (secondary N) is 1. The van der Waals surface area contributed by atoms with Crippen molar-refractivity contribution in [3.63, 3.8) is 0 Å². The molecule has 1 N–H and O–H groups in total. The van der Waals surface area contributed by atoms with Gasteiger partial charge < -0.3 is 9.88 Å². The fourth-order valence-electron chi connectivity index (χ4n) is 2.61. The number of hydrogen-bond acceptors (Lipinski definition) is 4. The van der Waals surface area contributed by atoms with Crippen LogP contribution >= 0.6 is 11.3 Å². The number of nitrogens with zero attached hydrogens (tertiary/aromatic N) is 2. The molecule has 0 aliphatic carbocycles. The van der Waals surface area contributed by atoms with Gasteiger partial charge in [0.15, 0.2) is 5.78 Å². The number of imidazole rings is 1. The third-order valence-electron chi connectivity index (χ3n) is 3.93. The first kappa shape index (κ1) is 16.4. The number of hydrogen-bond donors (Lipinski definition) is 1. The van der Waals surface area contributed by atoms with E-state index >= 15 is 0 Å². The number of fused-ring (bicyclic) bond motifs is 1. The Bertz CT molecular complexity index is 852. The minimum absolute atomic E-state index is 0.0236. The molecule has 2 aromatic heterocycles. The highest BCUT2D eigenvalue weighted by molar-refractivity contribution is 7.12. The van der Waals surface area contributed by atoms with Crippen molar-refractivity contribution in [1.29, 1.82) is 0 Å². The topological polar surface area (TPSA) is 64.0 Å². The fourth-order valence-corrected chi connectivity index (χ4v) is 3.30. The van der Waals surface area contributed by atoms with Crippen LogP contribution in [0, 0.1) is 0 Å². The highest BCUT2D eigenvalue weighted by Crippen LogP contribution is 2.14. The largest absolute Gasteiger partial charge is 0.356 e. The number of aromatic nitrogens is 2. The van der Waals surface area contributed by atoms with Crippen molar-refractivity contribution >= 4 is 34.1 Å². The van der Waals surface area contributed by atoms with Crippen LogP contribution in [0.2, 0.25) is 0 Å². The number of ketones is 1. The summed E-state index contributed by atoms with van der Waals surface area (Å²) in [6, 6.07) is 11.6. The molecule has 0 aliphatic heterocycles. The summed E-state index contributed by atoms with van der Waals surface area (Å²) in [6.45, 7) is 0.517. The predicted molar refractivity (Wildman–Crippen MR) is 95.3 cm³/mol. The molecule has 24 heavy (non-hydrogen) atoms. The molecule has 0 atom stereocenters. The summed E-state index contributed by atoms with van der Waals surface area (Å²) in [7, 11) is 1.98. The van der Waals surface area contributed by atoms with Gasteiger partial charge in [0.05, 0.1) is 15.9 Å². The lowest BCUT2D eigenvalue weighted by Crippen LogP contribution is -2.26. The summed E-state index contributed by atoms with van der Waals surface area (Å²) in [5.41, 5.74) is 2.04. The Kier molecular flexibility index (Phi) is 5.05. The van der Waals surface area contributed by atoms with Gasteiger partial charge in [-0.15, -0.1) is 11.3 Å². The highest BCUT2D eigenvalue weighted by atomic mass is 32.1. The van der Waals surface area contributed by atoms with Crippen LogP contribution in [0.3, 0.4) is 0 Å². The SMILES string of the molecule is Cn1c(CCNC(=O)CCC(=O)c2cccs2)nc2ccccc21. The average molecular weight is 341 g/mol. The van der Waals surface area contributed by atoms with E-state index in [1.807, 2.05) is 47.3 Å². The van der Waals surface area contributed by atoms with E-state index < -0.39 is 0 Å². The lowest BCUT2D eigenvalue weighted by molar-refractivity contribution is -0.121. The zero-order valence-corrected chi connectivity index (χ0v) is 14.3. The van der Waals surface area contributed by atoms with Crippen LogP contribution in [0.5, 0.6) is 0 Å². The molecule has 3 aromatic rings. The number of carbonyl (C=O) groups is 2. The van der Waals surface area contributed by atoms with E-state index in [9.17, 15) is 9.59 Å². The highest BCUT2D eigenvalue weighted by Gasteiger charge is 2.11. The first-order valence-electron chi connectivity index (χ1n) is 7.89. The molecule has 6 heteroatoms. The van der Waals surface area contributed by atoms with E-state index in [-0.39, 0.29) is 24.5 Å². The number of thiophene rings is 1. The molecule has 0 bridgehead atoms. The monoisotopic (exact) mass is 341 g/mol. The quantitative estimate of drug-likeness (QED) is 0.672. The van der Waals surface area contributed by atoms with Crippen molar-refractivity contribution in [3.8, 4) is 0 Å². The molecule has 0 unspecified atom stereocenters. The van der Waals surface area contributed by atoms with Crippen LogP contribution in [-0.2, 0) is 18.3 Å². The van der Waals surface area contributed by atoms with Gasteiger partial charge in [-0.3, -0.25) is 9.59 Å². The van der Waals surface area contributed by atoms with E-state index in [1.54, 1.807) is 6.07 Å². The zero-order valence-electron chi connectivity index (χ0n) is 13.5. The molecule has 0 spiro atoms. The van der Waals surface area contributed by atoms with E-state index in [0.29, 0.717) is 17.8 Å². The molecule has 0 fully saturated rings. The summed E-state index contributed by atoms with van der Waals surface area (Å²) >= 11 is 1.41. The molecule has 0 radical (unpaired) electrons. The summed E-state index contributed by atoms with van der Waals surface area (Å²) in [5, 5.41) is 4.73. The number of aryl methyl sites for hydroxylation is 1. The fraction of sp³-hybridized carbons (Fsp3) is 0.278. The van der Waals surface area contributed by atoms with E-state index in [1.165, 1.54) is 11.3 Å². The summed E-state index contributed by atoms with van der Waals surface area (Å²) in [6.07, 6.45) is 1.13. The maximum absolute atomic E-state index is 11.9. The Labute approximate surface area is 144 Å². The van der Waals surface area contributed by atoms with Crippen LogP contribution < -0.4 is 5.32 Å². The molecule has 2 heterocycles. The van der Waals surface area contributed by atoms with E-state index in [0.717, 1.165) is 16.9 Å². The van der Waals surface area contributed by atoms with Gasteiger partial charge in [-0.2, -0.15) is 0 Å².